The Bertz CT molecular complexity index is 1400. The van der Waals surface area contributed by atoms with Gasteiger partial charge in [0.25, 0.3) is 0 Å². The lowest BCUT2D eigenvalue weighted by molar-refractivity contribution is 0.555. The standard InChI is InChI=1S/C27H20F2N2S/c1-3-18(2)14-21-7-10-23(25(29)16-21)12-11-22-9-6-19(15-24(22)28)4-5-20-8-13-26-27(17-20)31-32-30-26/h6-10,13,15-18H,3,14H2,1-2H3. The molecule has 0 amide bonds. The van der Waals surface area contributed by atoms with Gasteiger partial charge in [0.15, 0.2) is 0 Å². The zero-order valence-corrected chi connectivity index (χ0v) is 18.6. The first kappa shape index (κ1) is 21.7. The van der Waals surface area contributed by atoms with Crippen molar-refractivity contribution in [3.63, 3.8) is 0 Å². The molecule has 4 rings (SSSR count). The van der Waals surface area contributed by atoms with Crippen LogP contribution in [0.1, 0.15) is 48.1 Å². The lowest BCUT2D eigenvalue weighted by Crippen LogP contribution is -1.99. The van der Waals surface area contributed by atoms with Crippen LogP contribution < -0.4 is 0 Å². The second-order valence-electron chi connectivity index (χ2n) is 7.69. The molecule has 1 aromatic heterocycles. The van der Waals surface area contributed by atoms with Gasteiger partial charge in [-0.3, -0.25) is 0 Å². The number of hydrogen-bond donors (Lipinski definition) is 0. The first-order valence-corrected chi connectivity index (χ1v) is 11.1. The van der Waals surface area contributed by atoms with Crippen LogP contribution in [0.4, 0.5) is 8.78 Å². The van der Waals surface area contributed by atoms with E-state index in [2.05, 4.69) is 46.3 Å². The van der Waals surface area contributed by atoms with Crippen LogP contribution in [0.2, 0.25) is 0 Å². The summed E-state index contributed by atoms with van der Waals surface area (Å²) in [5.41, 5.74) is 4.34. The first-order chi connectivity index (χ1) is 15.5. The summed E-state index contributed by atoms with van der Waals surface area (Å²) in [5, 5.41) is 0. The Kier molecular flexibility index (Phi) is 6.59. The van der Waals surface area contributed by atoms with Crippen molar-refractivity contribution in [3.05, 3.63) is 94.0 Å². The molecule has 2 nitrogen and oxygen atoms in total. The number of rotatable bonds is 3. The summed E-state index contributed by atoms with van der Waals surface area (Å²) >= 11 is 1.15. The van der Waals surface area contributed by atoms with Crippen molar-refractivity contribution >= 4 is 22.8 Å². The molecule has 1 atom stereocenters. The smallest absolute Gasteiger partial charge is 0.140 e. The third-order valence-electron chi connectivity index (χ3n) is 5.22. The molecular weight excluding hydrogens is 422 g/mol. The third kappa shape index (κ3) is 5.19. The van der Waals surface area contributed by atoms with Gasteiger partial charge in [-0.2, -0.15) is 8.75 Å². The highest BCUT2D eigenvalue weighted by Crippen LogP contribution is 2.16. The molecule has 0 saturated carbocycles. The van der Waals surface area contributed by atoms with Crippen molar-refractivity contribution in [2.24, 2.45) is 5.92 Å². The quantitative estimate of drug-likeness (QED) is 0.345. The van der Waals surface area contributed by atoms with E-state index in [0.29, 0.717) is 11.5 Å². The molecule has 0 fully saturated rings. The van der Waals surface area contributed by atoms with E-state index in [1.807, 2.05) is 24.3 Å². The van der Waals surface area contributed by atoms with Gasteiger partial charge < -0.3 is 0 Å². The van der Waals surface area contributed by atoms with Gasteiger partial charge in [-0.25, -0.2) is 8.78 Å². The van der Waals surface area contributed by atoms with Crippen LogP contribution >= 0.6 is 11.7 Å². The summed E-state index contributed by atoms with van der Waals surface area (Å²) in [6.45, 7) is 4.25. The predicted octanol–water partition coefficient (Wildman–Crippen LogP) is 6.36. The Morgan fingerprint density at radius 1 is 0.781 bits per heavy atom. The summed E-state index contributed by atoms with van der Waals surface area (Å²) < 4.78 is 37.3. The zero-order valence-electron chi connectivity index (χ0n) is 17.7. The molecule has 0 radical (unpaired) electrons. The van der Waals surface area contributed by atoms with E-state index in [-0.39, 0.29) is 16.9 Å². The molecule has 4 aromatic rings. The summed E-state index contributed by atoms with van der Waals surface area (Å²) in [7, 11) is 0. The summed E-state index contributed by atoms with van der Waals surface area (Å²) in [4.78, 5) is 0. The largest absolute Gasteiger partial charge is 0.206 e. The Hall–Kier alpha value is -3.54. The van der Waals surface area contributed by atoms with Crippen LogP contribution in [0.5, 0.6) is 0 Å². The minimum absolute atomic E-state index is 0.202. The lowest BCUT2D eigenvalue weighted by atomic mass is 9.98. The number of fused-ring (bicyclic) bond motifs is 1. The number of benzene rings is 3. The van der Waals surface area contributed by atoms with Crippen LogP contribution in [-0.4, -0.2) is 8.75 Å². The molecule has 0 aliphatic heterocycles. The highest BCUT2D eigenvalue weighted by Gasteiger charge is 2.06. The lowest BCUT2D eigenvalue weighted by Gasteiger charge is -2.08. The zero-order chi connectivity index (χ0) is 22.5. The molecule has 32 heavy (non-hydrogen) atoms. The van der Waals surface area contributed by atoms with Crippen molar-refractivity contribution < 1.29 is 8.78 Å². The molecule has 5 heteroatoms. The van der Waals surface area contributed by atoms with Gasteiger partial charge in [-0.05, 0) is 66.4 Å². The van der Waals surface area contributed by atoms with Crippen molar-refractivity contribution in [2.45, 2.75) is 26.7 Å². The topological polar surface area (TPSA) is 25.8 Å². The fraction of sp³-hybridized carbons (Fsp3) is 0.185. The Morgan fingerprint density at radius 3 is 2.09 bits per heavy atom. The van der Waals surface area contributed by atoms with Gasteiger partial charge in [0.1, 0.15) is 22.7 Å². The first-order valence-electron chi connectivity index (χ1n) is 10.4. The third-order valence-corrected chi connectivity index (χ3v) is 5.78. The molecule has 0 N–H and O–H groups in total. The van der Waals surface area contributed by atoms with Crippen LogP contribution in [0.3, 0.4) is 0 Å². The van der Waals surface area contributed by atoms with Crippen molar-refractivity contribution in [2.75, 3.05) is 0 Å². The van der Waals surface area contributed by atoms with Crippen molar-refractivity contribution in [3.8, 4) is 23.7 Å². The maximum Gasteiger partial charge on any atom is 0.140 e. The van der Waals surface area contributed by atoms with Gasteiger partial charge in [0, 0.05) is 11.1 Å². The van der Waals surface area contributed by atoms with Gasteiger partial charge in [-0.1, -0.05) is 50.0 Å². The highest BCUT2D eigenvalue weighted by molar-refractivity contribution is 7.00. The SMILES string of the molecule is CCC(C)Cc1ccc(C#Cc2ccc(C#Cc3ccc4nsnc4c3)cc2F)c(F)c1. The van der Waals surface area contributed by atoms with Crippen LogP contribution in [-0.2, 0) is 6.42 Å². The predicted molar refractivity (Wildman–Crippen MR) is 125 cm³/mol. The molecule has 1 unspecified atom stereocenters. The number of nitrogens with zero attached hydrogens (tertiary/aromatic N) is 2. The fourth-order valence-corrected chi connectivity index (χ4v) is 3.68. The minimum Gasteiger partial charge on any atom is -0.206 e. The van der Waals surface area contributed by atoms with E-state index in [0.717, 1.165) is 46.7 Å². The maximum absolute atomic E-state index is 14.5. The molecule has 0 bridgehead atoms. The minimum atomic E-state index is -0.489. The summed E-state index contributed by atoms with van der Waals surface area (Å²) in [6, 6.07) is 15.2. The second kappa shape index (κ2) is 9.73. The van der Waals surface area contributed by atoms with Crippen molar-refractivity contribution in [1.29, 1.82) is 0 Å². The van der Waals surface area contributed by atoms with Crippen LogP contribution in [0.25, 0.3) is 11.0 Å². The summed E-state index contributed by atoms with van der Waals surface area (Å²) in [6.07, 6.45) is 1.87. The second-order valence-corrected chi connectivity index (χ2v) is 8.22. The molecular formula is C27H20F2N2S. The van der Waals surface area contributed by atoms with Gasteiger partial charge >= 0.3 is 0 Å². The molecule has 0 spiro atoms. The van der Waals surface area contributed by atoms with Crippen LogP contribution in [0.15, 0.2) is 54.6 Å². The fourth-order valence-electron chi connectivity index (χ4n) is 3.17. The normalized spacial score (nSPS) is 11.4. The molecule has 158 valence electrons. The average Bonchev–Trinajstić information content (AvgIpc) is 3.26. The van der Waals surface area contributed by atoms with E-state index in [1.165, 1.54) is 12.1 Å². The highest BCUT2D eigenvalue weighted by atomic mass is 32.1. The molecule has 1 heterocycles. The monoisotopic (exact) mass is 442 g/mol. The molecule has 3 aromatic carbocycles. The van der Waals surface area contributed by atoms with Crippen molar-refractivity contribution in [1.82, 2.24) is 8.75 Å². The number of aromatic nitrogens is 2. The maximum atomic E-state index is 14.5. The number of halogens is 2. The van der Waals surface area contributed by atoms with E-state index in [4.69, 9.17) is 0 Å². The van der Waals surface area contributed by atoms with Gasteiger partial charge in [0.2, 0.25) is 0 Å². The van der Waals surface area contributed by atoms with E-state index >= 15 is 0 Å². The summed E-state index contributed by atoms with van der Waals surface area (Å²) in [5.74, 6) is 11.1. The van der Waals surface area contributed by atoms with Crippen LogP contribution in [0, 0.1) is 41.2 Å². The van der Waals surface area contributed by atoms with E-state index in [9.17, 15) is 8.78 Å². The van der Waals surface area contributed by atoms with E-state index in [1.54, 1.807) is 18.2 Å². The molecule has 0 aliphatic rings. The Labute approximate surface area is 190 Å². The van der Waals surface area contributed by atoms with Gasteiger partial charge in [0.05, 0.1) is 22.9 Å². The molecule has 0 aliphatic carbocycles. The Balaban J connectivity index is 1.51. The Morgan fingerprint density at radius 2 is 1.41 bits per heavy atom. The van der Waals surface area contributed by atoms with E-state index < -0.39 is 5.82 Å². The molecule has 0 saturated heterocycles. The van der Waals surface area contributed by atoms with Gasteiger partial charge in [-0.15, -0.1) is 0 Å². The number of hydrogen-bond acceptors (Lipinski definition) is 3. The average molecular weight is 443 g/mol.